The van der Waals surface area contributed by atoms with Gasteiger partial charge in [-0.3, -0.25) is 0 Å². The number of hydrogen-bond donors (Lipinski definition) is 0. The molecule has 0 saturated carbocycles. The third kappa shape index (κ3) is 4.00. The number of ether oxygens (including phenoxy) is 3. The highest BCUT2D eigenvalue weighted by Gasteiger charge is 2.17. The van der Waals surface area contributed by atoms with Crippen molar-refractivity contribution in [3.63, 3.8) is 0 Å². The molecule has 0 saturated heterocycles. The van der Waals surface area contributed by atoms with Crippen molar-refractivity contribution in [3.8, 4) is 5.75 Å². The number of carbonyl (C=O) groups excluding carboxylic acids is 2. The Balaban J connectivity index is 2.75. The minimum atomic E-state index is -3.06. The van der Waals surface area contributed by atoms with Gasteiger partial charge in [-0.1, -0.05) is 12.1 Å². The molecule has 0 heterocycles. The third-order valence-corrected chi connectivity index (χ3v) is 1.87. The zero-order valence-corrected chi connectivity index (χ0v) is 9.39. The summed E-state index contributed by atoms with van der Waals surface area (Å²) in [6.45, 7) is -3.65. The van der Waals surface area contributed by atoms with Crippen LogP contribution in [0.3, 0.4) is 0 Å². The van der Waals surface area contributed by atoms with Gasteiger partial charge in [0.05, 0.1) is 7.11 Å². The summed E-state index contributed by atoms with van der Waals surface area (Å²) in [5.74, 6) is -2.02. The molecule has 7 heteroatoms. The first-order valence-electron chi connectivity index (χ1n) is 4.82. The first-order valence-corrected chi connectivity index (χ1v) is 4.82. The minimum Gasteiger partial charge on any atom is -0.466 e. The van der Waals surface area contributed by atoms with E-state index in [0.29, 0.717) is 0 Å². The van der Waals surface area contributed by atoms with Crippen molar-refractivity contribution >= 4 is 11.9 Å². The lowest BCUT2D eigenvalue weighted by atomic mass is 10.2. The zero-order chi connectivity index (χ0) is 13.5. The summed E-state index contributed by atoms with van der Waals surface area (Å²) in [5, 5.41) is 0. The highest BCUT2D eigenvalue weighted by Crippen LogP contribution is 2.20. The van der Waals surface area contributed by atoms with Crippen LogP contribution in [0.5, 0.6) is 5.75 Å². The van der Waals surface area contributed by atoms with E-state index in [4.69, 9.17) is 0 Å². The molecule has 0 fully saturated rings. The quantitative estimate of drug-likeness (QED) is 0.753. The van der Waals surface area contributed by atoms with E-state index in [-0.39, 0.29) is 11.3 Å². The Morgan fingerprint density at radius 2 is 1.94 bits per heavy atom. The van der Waals surface area contributed by atoms with Gasteiger partial charge in [0, 0.05) is 0 Å². The molecule has 0 unspecified atom stereocenters. The van der Waals surface area contributed by atoms with Gasteiger partial charge in [-0.25, -0.2) is 9.59 Å². The maximum Gasteiger partial charge on any atom is 0.387 e. The zero-order valence-electron chi connectivity index (χ0n) is 9.39. The standard InChI is InChI=1S/C11H10F2O5/c1-16-9(14)6-17-10(15)7-4-2-3-5-8(7)18-11(12)13/h2-5,11H,6H2,1H3. The maximum absolute atomic E-state index is 12.1. The summed E-state index contributed by atoms with van der Waals surface area (Å²) in [6, 6.07) is 5.32. The molecule has 5 nitrogen and oxygen atoms in total. The molecule has 0 aromatic heterocycles. The minimum absolute atomic E-state index is 0.193. The van der Waals surface area contributed by atoms with Crippen molar-refractivity contribution in [2.45, 2.75) is 6.61 Å². The van der Waals surface area contributed by atoms with E-state index in [1.165, 1.54) is 24.3 Å². The second-order valence-electron chi connectivity index (χ2n) is 3.03. The molecule has 0 spiro atoms. The van der Waals surface area contributed by atoms with E-state index < -0.39 is 25.2 Å². The van der Waals surface area contributed by atoms with Gasteiger partial charge in [-0.15, -0.1) is 0 Å². The number of hydrogen-bond acceptors (Lipinski definition) is 5. The number of rotatable bonds is 5. The number of halogens is 2. The molecule has 1 aromatic rings. The van der Waals surface area contributed by atoms with Crippen LogP contribution in [0.4, 0.5) is 8.78 Å². The van der Waals surface area contributed by atoms with Crippen LogP contribution in [0, 0.1) is 0 Å². The summed E-state index contributed by atoms with van der Waals surface area (Å²) in [4.78, 5) is 22.3. The van der Waals surface area contributed by atoms with Gasteiger partial charge < -0.3 is 14.2 Å². The summed E-state index contributed by atoms with van der Waals surface area (Å²) < 4.78 is 37.1. The van der Waals surface area contributed by atoms with Crippen LogP contribution in [0.2, 0.25) is 0 Å². The topological polar surface area (TPSA) is 61.8 Å². The first kappa shape index (κ1) is 13.9. The van der Waals surface area contributed by atoms with Crippen LogP contribution in [0.15, 0.2) is 24.3 Å². The second kappa shape index (κ2) is 6.53. The Morgan fingerprint density at radius 3 is 2.56 bits per heavy atom. The van der Waals surface area contributed by atoms with Crippen molar-refractivity contribution in [1.82, 2.24) is 0 Å². The number of para-hydroxylation sites is 1. The van der Waals surface area contributed by atoms with Crippen LogP contribution < -0.4 is 4.74 Å². The summed E-state index contributed by atoms with van der Waals surface area (Å²) in [5.41, 5.74) is -0.193. The van der Waals surface area contributed by atoms with Gasteiger partial charge in [-0.05, 0) is 12.1 Å². The smallest absolute Gasteiger partial charge is 0.387 e. The Morgan fingerprint density at radius 1 is 1.28 bits per heavy atom. The van der Waals surface area contributed by atoms with E-state index in [2.05, 4.69) is 14.2 Å². The first-order chi connectivity index (χ1) is 8.54. The summed E-state index contributed by atoms with van der Waals surface area (Å²) >= 11 is 0. The van der Waals surface area contributed by atoms with Gasteiger partial charge in [0.2, 0.25) is 0 Å². The van der Waals surface area contributed by atoms with Crippen LogP contribution in [0.1, 0.15) is 10.4 Å². The molecule has 18 heavy (non-hydrogen) atoms. The third-order valence-electron chi connectivity index (χ3n) is 1.87. The van der Waals surface area contributed by atoms with Gasteiger partial charge in [0.1, 0.15) is 11.3 Å². The second-order valence-corrected chi connectivity index (χ2v) is 3.03. The van der Waals surface area contributed by atoms with E-state index >= 15 is 0 Å². The highest BCUT2D eigenvalue weighted by molar-refractivity contribution is 5.93. The summed E-state index contributed by atoms with van der Waals surface area (Å²) in [6.07, 6.45) is 0. The molecule has 0 aliphatic heterocycles. The monoisotopic (exact) mass is 260 g/mol. The average molecular weight is 260 g/mol. The van der Waals surface area contributed by atoms with Crippen molar-refractivity contribution in [2.75, 3.05) is 13.7 Å². The van der Waals surface area contributed by atoms with E-state index in [1.54, 1.807) is 0 Å². The number of benzene rings is 1. The van der Waals surface area contributed by atoms with Gasteiger partial charge >= 0.3 is 18.6 Å². The lowest BCUT2D eigenvalue weighted by molar-refractivity contribution is -0.144. The van der Waals surface area contributed by atoms with Crippen LogP contribution in [-0.4, -0.2) is 32.3 Å². The molecule has 0 N–H and O–H groups in total. The largest absolute Gasteiger partial charge is 0.466 e. The molecular weight excluding hydrogens is 250 g/mol. The number of methoxy groups -OCH3 is 1. The van der Waals surface area contributed by atoms with E-state index in [0.717, 1.165) is 7.11 Å². The molecule has 98 valence electrons. The predicted molar refractivity (Wildman–Crippen MR) is 55.4 cm³/mol. The maximum atomic E-state index is 12.1. The lowest BCUT2D eigenvalue weighted by Crippen LogP contribution is -2.16. The summed E-state index contributed by atoms with van der Waals surface area (Å²) in [7, 11) is 1.13. The molecular formula is C11H10F2O5. The van der Waals surface area contributed by atoms with E-state index in [9.17, 15) is 18.4 Å². The van der Waals surface area contributed by atoms with Crippen molar-refractivity contribution < 1.29 is 32.6 Å². The Labute approximate surface area is 101 Å². The molecule has 0 bridgehead atoms. The Kier molecular flexibility index (Phi) is 5.04. The Bertz CT molecular complexity index is 433. The van der Waals surface area contributed by atoms with Crippen molar-refractivity contribution in [2.24, 2.45) is 0 Å². The molecule has 0 aliphatic carbocycles. The molecule has 1 rings (SSSR count). The van der Waals surface area contributed by atoms with Crippen LogP contribution >= 0.6 is 0 Å². The fraction of sp³-hybridized carbons (Fsp3) is 0.273. The van der Waals surface area contributed by atoms with Crippen LogP contribution in [-0.2, 0) is 14.3 Å². The van der Waals surface area contributed by atoms with Gasteiger partial charge in [0.25, 0.3) is 0 Å². The molecule has 0 atom stereocenters. The molecule has 0 amide bonds. The molecule has 0 radical (unpaired) electrons. The average Bonchev–Trinajstić information content (AvgIpc) is 2.35. The SMILES string of the molecule is COC(=O)COC(=O)c1ccccc1OC(F)F. The highest BCUT2D eigenvalue weighted by atomic mass is 19.3. The molecule has 0 aliphatic rings. The fourth-order valence-corrected chi connectivity index (χ4v) is 1.10. The van der Waals surface area contributed by atoms with Crippen molar-refractivity contribution in [1.29, 1.82) is 0 Å². The molecule has 1 aromatic carbocycles. The van der Waals surface area contributed by atoms with Gasteiger partial charge in [-0.2, -0.15) is 8.78 Å². The van der Waals surface area contributed by atoms with Crippen LogP contribution in [0.25, 0.3) is 0 Å². The van der Waals surface area contributed by atoms with E-state index in [1.807, 2.05) is 0 Å². The predicted octanol–water partition coefficient (Wildman–Crippen LogP) is 1.62. The lowest BCUT2D eigenvalue weighted by Gasteiger charge is -2.09. The number of esters is 2. The number of carbonyl (C=O) groups is 2. The number of alkyl halides is 2. The Hall–Kier alpha value is -2.18. The van der Waals surface area contributed by atoms with Crippen molar-refractivity contribution in [3.05, 3.63) is 29.8 Å². The fourth-order valence-electron chi connectivity index (χ4n) is 1.10. The normalized spacial score (nSPS) is 10.0. The van der Waals surface area contributed by atoms with Gasteiger partial charge in [0.15, 0.2) is 6.61 Å².